The van der Waals surface area contributed by atoms with Crippen molar-refractivity contribution in [3.63, 3.8) is 0 Å². The first-order chi connectivity index (χ1) is 14.7. The molecule has 166 valence electrons. The SMILES string of the molecule is CCOc1cccc2sc(=NC(=O)c3ccc(S(=O)(=O)N(C)C(C)C)cc3)n(CC)c12. The van der Waals surface area contributed by atoms with E-state index in [-0.39, 0.29) is 10.9 Å². The maximum atomic E-state index is 12.8. The minimum absolute atomic E-state index is 0.145. The maximum absolute atomic E-state index is 12.8. The van der Waals surface area contributed by atoms with Crippen molar-refractivity contribution in [2.75, 3.05) is 13.7 Å². The monoisotopic (exact) mass is 461 g/mol. The number of amides is 1. The number of hydrogen-bond acceptors (Lipinski definition) is 5. The molecule has 2 aromatic carbocycles. The van der Waals surface area contributed by atoms with E-state index in [0.29, 0.717) is 23.5 Å². The zero-order chi connectivity index (χ0) is 22.8. The van der Waals surface area contributed by atoms with Gasteiger partial charge >= 0.3 is 0 Å². The molecule has 9 heteroatoms. The van der Waals surface area contributed by atoms with Gasteiger partial charge in [0.1, 0.15) is 11.3 Å². The van der Waals surface area contributed by atoms with Crippen LogP contribution in [0.5, 0.6) is 5.75 Å². The Kier molecular flexibility index (Phi) is 6.98. The number of ether oxygens (including phenoxy) is 1. The first kappa shape index (κ1) is 23.2. The number of hydrogen-bond donors (Lipinski definition) is 0. The van der Waals surface area contributed by atoms with Crippen LogP contribution in [0, 0.1) is 0 Å². The van der Waals surface area contributed by atoms with Gasteiger partial charge in [0, 0.05) is 25.2 Å². The summed E-state index contributed by atoms with van der Waals surface area (Å²) in [5.41, 5.74) is 1.25. The predicted molar refractivity (Wildman–Crippen MR) is 123 cm³/mol. The molecule has 0 fully saturated rings. The Hall–Kier alpha value is -2.49. The molecule has 1 amide bonds. The number of aryl methyl sites for hydroxylation is 1. The van der Waals surface area contributed by atoms with Gasteiger partial charge < -0.3 is 9.30 Å². The number of sulfonamides is 1. The highest BCUT2D eigenvalue weighted by atomic mass is 32.2. The van der Waals surface area contributed by atoms with Crippen molar-refractivity contribution in [1.82, 2.24) is 8.87 Å². The molecule has 7 nitrogen and oxygen atoms in total. The fourth-order valence-corrected chi connectivity index (χ4v) is 5.59. The number of para-hydroxylation sites is 1. The van der Waals surface area contributed by atoms with Crippen molar-refractivity contribution in [3.8, 4) is 5.75 Å². The molecular weight excluding hydrogens is 434 g/mol. The molecule has 0 saturated heterocycles. The summed E-state index contributed by atoms with van der Waals surface area (Å²) in [6.45, 7) is 8.71. The van der Waals surface area contributed by atoms with Crippen molar-refractivity contribution in [3.05, 3.63) is 52.8 Å². The minimum Gasteiger partial charge on any atom is -0.492 e. The van der Waals surface area contributed by atoms with E-state index in [0.717, 1.165) is 16.0 Å². The molecule has 0 spiro atoms. The van der Waals surface area contributed by atoms with E-state index in [1.165, 1.54) is 47.0 Å². The smallest absolute Gasteiger partial charge is 0.279 e. The number of thiazole rings is 1. The van der Waals surface area contributed by atoms with Gasteiger partial charge in [-0.15, -0.1) is 0 Å². The van der Waals surface area contributed by atoms with E-state index in [1.807, 2.05) is 36.6 Å². The first-order valence-electron chi connectivity index (χ1n) is 10.1. The van der Waals surface area contributed by atoms with Crippen LogP contribution in [-0.2, 0) is 16.6 Å². The van der Waals surface area contributed by atoms with E-state index in [4.69, 9.17) is 4.74 Å². The molecule has 0 aliphatic carbocycles. The van der Waals surface area contributed by atoms with E-state index in [9.17, 15) is 13.2 Å². The van der Waals surface area contributed by atoms with Crippen LogP contribution in [0.2, 0.25) is 0 Å². The second kappa shape index (κ2) is 9.33. The van der Waals surface area contributed by atoms with E-state index < -0.39 is 15.9 Å². The third-order valence-electron chi connectivity index (χ3n) is 4.98. The number of aromatic nitrogens is 1. The zero-order valence-electron chi connectivity index (χ0n) is 18.3. The molecule has 1 heterocycles. The molecule has 1 aromatic heterocycles. The number of nitrogens with zero attached hydrogens (tertiary/aromatic N) is 3. The largest absolute Gasteiger partial charge is 0.492 e. The third kappa shape index (κ3) is 4.58. The van der Waals surface area contributed by atoms with Gasteiger partial charge in [-0.2, -0.15) is 9.30 Å². The summed E-state index contributed by atoms with van der Waals surface area (Å²) in [7, 11) is -2.06. The van der Waals surface area contributed by atoms with Crippen LogP contribution < -0.4 is 9.54 Å². The second-order valence-electron chi connectivity index (χ2n) is 7.22. The summed E-state index contributed by atoms with van der Waals surface area (Å²) in [4.78, 5) is 17.8. The highest BCUT2D eigenvalue weighted by Gasteiger charge is 2.23. The lowest BCUT2D eigenvalue weighted by molar-refractivity contribution is 0.0997. The quantitative estimate of drug-likeness (QED) is 0.535. The van der Waals surface area contributed by atoms with E-state index in [1.54, 1.807) is 13.8 Å². The Labute approximate surface area is 186 Å². The molecule has 0 aliphatic rings. The number of benzene rings is 2. The number of carbonyl (C=O) groups excluding carboxylic acids is 1. The molecule has 31 heavy (non-hydrogen) atoms. The van der Waals surface area contributed by atoms with Gasteiger partial charge in [-0.1, -0.05) is 17.4 Å². The highest BCUT2D eigenvalue weighted by molar-refractivity contribution is 7.89. The standard InChI is InChI=1S/C22H27N3O4S2/c1-6-25-20-18(29-7-2)9-8-10-19(20)30-22(25)23-21(26)16-11-13-17(14-12-16)31(27,28)24(5)15(3)4/h8-15H,6-7H2,1-5H3. The van der Waals surface area contributed by atoms with Crippen molar-refractivity contribution in [2.24, 2.45) is 4.99 Å². The van der Waals surface area contributed by atoms with Crippen LogP contribution >= 0.6 is 11.3 Å². The van der Waals surface area contributed by atoms with E-state index in [2.05, 4.69) is 4.99 Å². The predicted octanol–water partition coefficient (Wildman–Crippen LogP) is 3.89. The van der Waals surface area contributed by atoms with Crippen LogP contribution in [0.15, 0.2) is 52.4 Å². The molecule has 0 radical (unpaired) electrons. The van der Waals surface area contributed by atoms with Gasteiger partial charge in [-0.25, -0.2) is 8.42 Å². The van der Waals surface area contributed by atoms with Gasteiger partial charge in [-0.05, 0) is 64.1 Å². The van der Waals surface area contributed by atoms with Crippen LogP contribution in [0.1, 0.15) is 38.1 Å². The van der Waals surface area contributed by atoms with Crippen LogP contribution in [0.3, 0.4) is 0 Å². The topological polar surface area (TPSA) is 81.0 Å². The summed E-state index contributed by atoms with van der Waals surface area (Å²) >= 11 is 1.42. The Morgan fingerprint density at radius 1 is 1.16 bits per heavy atom. The van der Waals surface area contributed by atoms with Crippen LogP contribution in [0.4, 0.5) is 0 Å². The van der Waals surface area contributed by atoms with Gasteiger partial charge in [-0.3, -0.25) is 4.79 Å². The highest BCUT2D eigenvalue weighted by Crippen LogP contribution is 2.27. The van der Waals surface area contributed by atoms with Crippen molar-refractivity contribution in [1.29, 1.82) is 0 Å². The lowest BCUT2D eigenvalue weighted by Crippen LogP contribution is -2.33. The molecule has 0 unspecified atom stereocenters. The number of carbonyl (C=O) groups is 1. The fraction of sp³-hybridized carbons (Fsp3) is 0.364. The summed E-state index contributed by atoms with van der Waals surface area (Å²) < 4.78 is 35.2. The molecule has 0 saturated carbocycles. The number of rotatable bonds is 7. The van der Waals surface area contributed by atoms with Gasteiger partial charge in [0.05, 0.1) is 16.2 Å². The molecule has 3 aromatic rings. The van der Waals surface area contributed by atoms with Crippen molar-refractivity contribution < 1.29 is 17.9 Å². The maximum Gasteiger partial charge on any atom is 0.279 e. The average Bonchev–Trinajstić information content (AvgIpc) is 3.11. The second-order valence-corrected chi connectivity index (χ2v) is 10.2. The molecule has 0 N–H and O–H groups in total. The average molecular weight is 462 g/mol. The normalized spacial score (nSPS) is 12.8. The molecular formula is C22H27N3O4S2. The number of fused-ring (bicyclic) bond motifs is 1. The summed E-state index contributed by atoms with van der Waals surface area (Å²) in [6.07, 6.45) is 0. The summed E-state index contributed by atoms with van der Waals surface area (Å²) in [5.74, 6) is 0.337. The Balaban J connectivity index is 1.99. The lowest BCUT2D eigenvalue weighted by atomic mass is 10.2. The third-order valence-corrected chi connectivity index (χ3v) is 8.07. The Morgan fingerprint density at radius 2 is 1.84 bits per heavy atom. The Bertz CT molecular complexity index is 1260. The summed E-state index contributed by atoms with van der Waals surface area (Å²) in [5, 5.41) is 0. The van der Waals surface area contributed by atoms with Gasteiger partial charge in [0.15, 0.2) is 4.80 Å². The van der Waals surface area contributed by atoms with E-state index >= 15 is 0 Å². The van der Waals surface area contributed by atoms with Gasteiger partial charge in [0.2, 0.25) is 10.0 Å². The lowest BCUT2D eigenvalue weighted by Gasteiger charge is -2.20. The molecule has 0 atom stereocenters. The summed E-state index contributed by atoms with van der Waals surface area (Å²) in [6, 6.07) is 11.5. The van der Waals surface area contributed by atoms with Crippen molar-refractivity contribution in [2.45, 2.75) is 45.2 Å². The Morgan fingerprint density at radius 3 is 2.42 bits per heavy atom. The minimum atomic E-state index is -3.60. The van der Waals surface area contributed by atoms with Gasteiger partial charge in [0.25, 0.3) is 5.91 Å². The van der Waals surface area contributed by atoms with Crippen LogP contribution in [0.25, 0.3) is 10.2 Å². The molecule has 0 bridgehead atoms. The molecule has 3 rings (SSSR count). The zero-order valence-corrected chi connectivity index (χ0v) is 20.0. The molecule has 0 aliphatic heterocycles. The first-order valence-corrected chi connectivity index (χ1v) is 12.4. The fourth-order valence-electron chi connectivity index (χ4n) is 3.11. The van der Waals surface area contributed by atoms with Crippen molar-refractivity contribution >= 4 is 37.5 Å². The van der Waals surface area contributed by atoms with Crippen LogP contribution in [-0.4, -0.2) is 42.9 Å².